The number of benzene rings is 3. The van der Waals surface area contributed by atoms with Gasteiger partial charge >= 0.3 is 5.97 Å². The van der Waals surface area contributed by atoms with Crippen LogP contribution in [-0.4, -0.2) is 127 Å². The maximum atomic E-state index is 15.1. The van der Waals surface area contributed by atoms with Gasteiger partial charge in [0.15, 0.2) is 0 Å². The molecule has 1 spiro atoms. The van der Waals surface area contributed by atoms with Crippen molar-refractivity contribution in [2.75, 3.05) is 39.9 Å². The number of rotatable bonds is 12. The molecule has 6 bridgehead atoms. The Morgan fingerprint density at radius 3 is 2.45 bits per heavy atom. The first-order valence-corrected chi connectivity index (χ1v) is 30.1. The van der Waals surface area contributed by atoms with Crippen molar-refractivity contribution in [3.05, 3.63) is 101 Å². The van der Waals surface area contributed by atoms with Gasteiger partial charge in [0.2, 0.25) is 17.7 Å². The van der Waals surface area contributed by atoms with Gasteiger partial charge < -0.3 is 34.3 Å². The molecule has 5 aromatic rings. The first kappa shape index (κ1) is 55.5. The van der Waals surface area contributed by atoms with Crippen LogP contribution in [0.15, 0.2) is 83.9 Å². The van der Waals surface area contributed by atoms with Crippen molar-refractivity contribution < 1.29 is 42.8 Å². The number of ether oxygens (including phenoxy) is 2. The molecule has 4 amide bonds. The number of carbonyl (C=O) groups is 5. The Hall–Kier alpha value is -6.43. The number of hydrogen-bond acceptors (Lipinski definition) is 11. The monoisotopic (exact) mass is 1110 g/mol. The Morgan fingerprint density at radius 2 is 1.73 bits per heavy atom. The normalized spacial score (nSPS) is 26.1. The number of carbonyl (C=O) groups excluding carboxylic acids is 5. The Kier molecular flexibility index (Phi) is 15.1. The van der Waals surface area contributed by atoms with Gasteiger partial charge in [0.1, 0.15) is 23.9 Å². The highest BCUT2D eigenvalue weighted by Crippen LogP contribution is 2.59. The van der Waals surface area contributed by atoms with Gasteiger partial charge in [-0.05, 0) is 154 Å². The third-order valence-electron chi connectivity index (χ3n) is 18.1. The average molecular weight is 1110 g/mol. The van der Waals surface area contributed by atoms with E-state index in [2.05, 4.69) is 54.3 Å². The number of phenols is 1. The number of cyclic esters (lactones) is 1. The minimum absolute atomic E-state index is 0.0120. The van der Waals surface area contributed by atoms with E-state index >= 15 is 9.59 Å². The molecule has 3 N–H and O–H groups in total. The van der Waals surface area contributed by atoms with Crippen molar-refractivity contribution in [1.29, 1.82) is 0 Å². The minimum atomic E-state index is -1.32. The molecule has 4 aliphatic heterocycles. The number of pyridine rings is 1. The van der Waals surface area contributed by atoms with Crippen LogP contribution in [-0.2, 0) is 63.6 Å². The summed E-state index contributed by atoms with van der Waals surface area (Å²) in [7, 11) is 0.350. The van der Waals surface area contributed by atoms with E-state index in [0.29, 0.717) is 68.8 Å². The fourth-order valence-corrected chi connectivity index (χ4v) is 15.5. The van der Waals surface area contributed by atoms with Crippen LogP contribution in [0.1, 0.15) is 109 Å². The van der Waals surface area contributed by atoms with E-state index in [1.54, 1.807) is 30.3 Å². The first-order chi connectivity index (χ1) is 38.3. The summed E-state index contributed by atoms with van der Waals surface area (Å²) >= 11 is 0. The summed E-state index contributed by atoms with van der Waals surface area (Å²) in [5.41, 5.74) is 9.77. The number of amides is 4. The summed E-state index contributed by atoms with van der Waals surface area (Å²) in [5, 5.41) is 16.8. The number of esters is 1. The van der Waals surface area contributed by atoms with E-state index in [-0.39, 0.29) is 72.8 Å². The third-order valence-corrected chi connectivity index (χ3v) is 19.9. The molecule has 2 saturated carbocycles. The maximum Gasteiger partial charge on any atom is 0.324 e. The number of phenolic OH excluding ortho intramolecular Hbond substituents is 1. The van der Waals surface area contributed by atoms with Crippen LogP contribution in [0.5, 0.6) is 5.75 Å². The second kappa shape index (κ2) is 21.8. The van der Waals surface area contributed by atoms with Crippen molar-refractivity contribution in [3.63, 3.8) is 0 Å². The van der Waals surface area contributed by atoms with Crippen molar-refractivity contribution in [1.82, 2.24) is 35.1 Å². The number of likely N-dealkylation sites (tertiary alicyclic amines) is 2. The zero-order valence-electron chi connectivity index (χ0n) is 47.5. The Bertz CT molecular complexity index is 3280. The second-order valence-corrected chi connectivity index (χ2v) is 26.4. The van der Waals surface area contributed by atoms with Gasteiger partial charge in [-0.15, -0.1) is 0 Å². The van der Waals surface area contributed by atoms with E-state index in [4.69, 9.17) is 14.5 Å². The van der Waals surface area contributed by atoms with Crippen molar-refractivity contribution >= 4 is 51.3 Å². The molecular weight excluding hydrogens is 1030 g/mol. The standard InChI is InChI=1S/C63H77N7O9S/c1-9-68-50-21-18-41-32-46(50)47(55(68)45-12-10-24-64-53(45)38(5)78-8)33-62(6,7)35-79-60(75)48-13-11-25-70(66-48)58(73)49(30-39-28-42(41)31-43(71)29-39)65-57(72)54(36(2)3)69-27-23-63(61(69)76)22-26-67(34-63)59(74)52-51(40-16-17-40)56(52)80(77)44-19-14-37(4)15-20-44/h10,12,14-15,18-21,24,28-29,31-32,36,38,40,48-49,51-52,54,56,66,71H,9,11,13,16-17,22-23,25-27,30,33-35H2,1-8H3,(H,65,72)/t38-,48-,49-,51+,52-,54-,56?,63-,80+/m0/s1. The summed E-state index contributed by atoms with van der Waals surface area (Å²) in [6.07, 6.45) is 5.94. The number of aromatic hydroxyl groups is 1. The minimum Gasteiger partial charge on any atom is -0.508 e. The van der Waals surface area contributed by atoms with Gasteiger partial charge in [-0.25, -0.2) is 5.43 Å². The molecule has 16 nitrogen and oxygen atoms in total. The van der Waals surface area contributed by atoms with Crippen LogP contribution >= 0.6 is 0 Å². The van der Waals surface area contributed by atoms with E-state index in [1.807, 2.05) is 75.1 Å². The fraction of sp³-hybridized carbons (Fsp3) is 0.524. The number of hydrogen-bond donors (Lipinski definition) is 3. The second-order valence-electron chi connectivity index (χ2n) is 24.8. The summed E-state index contributed by atoms with van der Waals surface area (Å²) in [6.45, 7) is 16.0. The van der Waals surface area contributed by atoms with E-state index in [0.717, 1.165) is 62.3 Å². The van der Waals surface area contributed by atoms with Gasteiger partial charge in [-0.2, -0.15) is 0 Å². The highest BCUT2D eigenvalue weighted by atomic mass is 32.2. The van der Waals surface area contributed by atoms with E-state index in [1.165, 1.54) is 5.01 Å². The molecule has 3 aromatic carbocycles. The molecule has 17 heteroatoms. The Labute approximate surface area is 471 Å². The molecule has 6 heterocycles. The lowest BCUT2D eigenvalue weighted by atomic mass is 9.84. The number of nitrogens with zero attached hydrogens (tertiary/aromatic N) is 5. The number of fused-ring (bicyclic) bond motifs is 6. The number of aromatic nitrogens is 2. The van der Waals surface area contributed by atoms with E-state index < -0.39 is 57.5 Å². The topological polar surface area (TPSA) is 193 Å². The number of aryl methyl sites for hydroxylation is 2. The fourth-order valence-electron chi connectivity index (χ4n) is 13.6. The SMILES string of the molecule is CCn1c(-c2cccnc2[C@H](C)OC)c2c3cc(ccc31)-c1cc(O)cc(c1)C[C@H](NC(=O)[C@H](C(C)C)N1CC[C@]3(CCN(C(=O)[C@@H]4C([S@](=O)c5ccc(C)cc5)[C@@H]4C4CC4)C3)C1=O)C(=O)N1CCC[C@H](N1)C(=O)OCC(C)(C)C2. The molecule has 1 unspecified atom stereocenters. The maximum absolute atomic E-state index is 15.1. The molecular formula is C63H77N7O9S. The largest absolute Gasteiger partial charge is 0.508 e. The molecule has 11 rings (SSSR count). The Balaban J connectivity index is 0.888. The van der Waals surface area contributed by atoms with Crippen LogP contribution in [0.25, 0.3) is 33.3 Å². The lowest BCUT2D eigenvalue weighted by Crippen LogP contribution is -2.62. The predicted molar refractivity (Wildman–Crippen MR) is 305 cm³/mol. The molecule has 6 aliphatic rings. The van der Waals surface area contributed by atoms with Crippen LogP contribution < -0.4 is 10.7 Å². The highest BCUT2D eigenvalue weighted by Gasteiger charge is 2.65. The smallest absolute Gasteiger partial charge is 0.324 e. The molecule has 0 radical (unpaired) electrons. The number of nitrogens with one attached hydrogen (secondary N) is 2. The third kappa shape index (κ3) is 10.5. The van der Waals surface area contributed by atoms with Crippen molar-refractivity contribution in [2.45, 2.75) is 141 Å². The quantitative estimate of drug-likeness (QED) is 0.102. The van der Waals surface area contributed by atoms with Gasteiger partial charge in [-0.1, -0.05) is 57.5 Å². The summed E-state index contributed by atoms with van der Waals surface area (Å²) < 4.78 is 28.2. The zero-order chi connectivity index (χ0) is 56.5. The van der Waals surface area contributed by atoms with Crippen molar-refractivity contribution in [2.24, 2.45) is 34.5 Å². The van der Waals surface area contributed by atoms with E-state index in [9.17, 15) is 23.7 Å². The summed E-state index contributed by atoms with van der Waals surface area (Å²) in [4.78, 5) is 82.6. The molecule has 80 heavy (non-hydrogen) atoms. The van der Waals surface area contributed by atoms with Crippen LogP contribution in [0.3, 0.4) is 0 Å². The molecule has 3 saturated heterocycles. The molecule has 9 atom stereocenters. The van der Waals surface area contributed by atoms with Crippen LogP contribution in [0.4, 0.5) is 0 Å². The first-order valence-electron chi connectivity index (χ1n) is 28.9. The predicted octanol–water partition coefficient (Wildman–Crippen LogP) is 8.07. The van der Waals surface area contributed by atoms with Gasteiger partial charge in [0.05, 0.1) is 51.5 Å². The van der Waals surface area contributed by atoms with Crippen LogP contribution in [0, 0.1) is 41.4 Å². The molecule has 2 aromatic heterocycles. The van der Waals surface area contributed by atoms with Gasteiger partial charge in [0.25, 0.3) is 5.91 Å². The number of methoxy groups -OCH3 is 1. The highest BCUT2D eigenvalue weighted by molar-refractivity contribution is 7.86. The molecule has 424 valence electrons. The average Bonchev–Trinajstić information content (AvgIpc) is 4.48. The van der Waals surface area contributed by atoms with Gasteiger partial charge in [0, 0.05) is 79.2 Å². The molecule has 2 aliphatic carbocycles. The summed E-state index contributed by atoms with van der Waals surface area (Å²) in [6, 6.07) is 20.3. The summed E-state index contributed by atoms with van der Waals surface area (Å²) in [5.74, 6) is -1.91. The zero-order valence-corrected chi connectivity index (χ0v) is 48.3. The van der Waals surface area contributed by atoms with Crippen LogP contribution in [0.2, 0.25) is 0 Å². The van der Waals surface area contributed by atoms with Crippen molar-refractivity contribution in [3.8, 4) is 28.1 Å². The Morgan fingerprint density at radius 1 is 0.963 bits per heavy atom. The lowest BCUT2D eigenvalue weighted by Gasteiger charge is -2.37. The van der Waals surface area contributed by atoms with Gasteiger partial charge in [-0.3, -0.25) is 38.2 Å². The lowest BCUT2D eigenvalue weighted by molar-refractivity contribution is -0.155. The number of hydrazine groups is 1. The molecule has 5 fully saturated rings.